The van der Waals surface area contributed by atoms with Crippen LogP contribution in [0.3, 0.4) is 0 Å². The summed E-state index contributed by atoms with van der Waals surface area (Å²) in [7, 11) is 0. The standard InChI is InChI=1S/C19H25N3O3/c1-12-8-13(2)11-21(10-12)17-9-18(24)22(19(17)25)16-6-4-15(5-7-16)20-14(3)23/h4-7,12-13,17H,8-11H2,1-3H3,(H,20,23)/p+1/t12-,13-,17-/m1/s1. The Morgan fingerprint density at radius 3 is 2.28 bits per heavy atom. The van der Waals surface area contributed by atoms with Gasteiger partial charge in [-0.1, -0.05) is 13.8 Å². The second-order valence-electron chi connectivity index (χ2n) is 7.56. The Morgan fingerprint density at radius 2 is 1.72 bits per heavy atom. The number of nitrogens with one attached hydrogen (secondary N) is 2. The van der Waals surface area contributed by atoms with Gasteiger partial charge < -0.3 is 10.2 Å². The highest BCUT2D eigenvalue weighted by Crippen LogP contribution is 2.24. The molecule has 3 amide bonds. The van der Waals surface area contributed by atoms with E-state index in [1.165, 1.54) is 23.1 Å². The van der Waals surface area contributed by atoms with E-state index < -0.39 is 0 Å². The van der Waals surface area contributed by atoms with Crippen LogP contribution in [-0.2, 0) is 14.4 Å². The fourth-order valence-corrected chi connectivity index (χ4v) is 4.24. The Bertz CT molecular complexity index is 676. The third-order valence-electron chi connectivity index (χ3n) is 5.11. The number of carbonyl (C=O) groups excluding carboxylic acids is 3. The highest BCUT2D eigenvalue weighted by Gasteiger charge is 2.47. The topological polar surface area (TPSA) is 70.9 Å². The number of hydrogen-bond donors (Lipinski definition) is 2. The molecule has 2 heterocycles. The van der Waals surface area contributed by atoms with Gasteiger partial charge >= 0.3 is 0 Å². The molecule has 0 unspecified atom stereocenters. The van der Waals surface area contributed by atoms with Crippen LogP contribution in [0.1, 0.15) is 33.6 Å². The second-order valence-corrected chi connectivity index (χ2v) is 7.56. The zero-order valence-electron chi connectivity index (χ0n) is 15.0. The van der Waals surface area contributed by atoms with E-state index in [0.717, 1.165) is 13.1 Å². The minimum Gasteiger partial charge on any atom is -0.326 e. The Labute approximate surface area is 148 Å². The molecular formula is C19H26N3O3+. The molecule has 134 valence electrons. The summed E-state index contributed by atoms with van der Waals surface area (Å²) in [5, 5.41) is 2.68. The van der Waals surface area contributed by atoms with E-state index in [1.54, 1.807) is 24.3 Å². The van der Waals surface area contributed by atoms with Crippen LogP contribution >= 0.6 is 0 Å². The van der Waals surface area contributed by atoms with E-state index in [4.69, 9.17) is 0 Å². The minimum absolute atomic E-state index is 0.103. The summed E-state index contributed by atoms with van der Waals surface area (Å²) in [6, 6.07) is 6.57. The zero-order valence-corrected chi connectivity index (χ0v) is 15.0. The molecule has 3 rings (SSSR count). The smallest absolute Gasteiger partial charge is 0.292 e. The van der Waals surface area contributed by atoms with Crippen molar-refractivity contribution in [3.8, 4) is 0 Å². The van der Waals surface area contributed by atoms with E-state index in [0.29, 0.717) is 23.2 Å². The molecular weight excluding hydrogens is 318 g/mol. The largest absolute Gasteiger partial charge is 0.326 e. The molecule has 1 aromatic rings. The molecule has 2 fully saturated rings. The summed E-state index contributed by atoms with van der Waals surface area (Å²) in [6.07, 6.45) is 1.47. The Morgan fingerprint density at radius 1 is 1.12 bits per heavy atom. The van der Waals surface area contributed by atoms with Gasteiger partial charge in [-0.25, -0.2) is 4.90 Å². The van der Waals surface area contributed by atoms with Crippen molar-refractivity contribution < 1.29 is 19.3 Å². The molecule has 0 radical (unpaired) electrons. The third-order valence-corrected chi connectivity index (χ3v) is 5.11. The van der Waals surface area contributed by atoms with Crippen molar-refractivity contribution in [2.45, 2.75) is 39.7 Å². The fourth-order valence-electron chi connectivity index (χ4n) is 4.24. The maximum atomic E-state index is 12.9. The van der Waals surface area contributed by atoms with Crippen molar-refractivity contribution in [1.29, 1.82) is 0 Å². The molecule has 0 bridgehead atoms. The number of likely N-dealkylation sites (tertiary alicyclic amines) is 1. The highest BCUT2D eigenvalue weighted by atomic mass is 16.2. The maximum absolute atomic E-state index is 12.9. The zero-order chi connectivity index (χ0) is 18.1. The number of imide groups is 1. The molecule has 0 spiro atoms. The minimum atomic E-state index is -0.271. The van der Waals surface area contributed by atoms with Gasteiger partial charge in [0.25, 0.3) is 5.91 Å². The summed E-state index contributed by atoms with van der Waals surface area (Å²) in [5.74, 6) is 0.757. The van der Waals surface area contributed by atoms with Crippen LogP contribution in [0.15, 0.2) is 24.3 Å². The Hall–Kier alpha value is -2.21. The van der Waals surface area contributed by atoms with Gasteiger partial charge in [-0.3, -0.25) is 14.4 Å². The first kappa shape index (κ1) is 17.6. The monoisotopic (exact) mass is 344 g/mol. The van der Waals surface area contributed by atoms with Crippen LogP contribution in [0.4, 0.5) is 11.4 Å². The van der Waals surface area contributed by atoms with Crippen molar-refractivity contribution >= 4 is 29.1 Å². The number of rotatable bonds is 3. The lowest BCUT2D eigenvalue weighted by Crippen LogP contribution is -3.18. The van der Waals surface area contributed by atoms with E-state index in [2.05, 4.69) is 19.2 Å². The van der Waals surface area contributed by atoms with Crippen molar-refractivity contribution in [3.63, 3.8) is 0 Å². The molecule has 0 aromatic heterocycles. The van der Waals surface area contributed by atoms with Crippen LogP contribution in [0.25, 0.3) is 0 Å². The molecule has 0 aliphatic carbocycles. The van der Waals surface area contributed by atoms with Gasteiger partial charge in [-0.2, -0.15) is 0 Å². The van der Waals surface area contributed by atoms with E-state index in [1.807, 2.05) is 0 Å². The van der Waals surface area contributed by atoms with Gasteiger partial charge in [0, 0.05) is 24.4 Å². The number of benzene rings is 1. The first-order valence-electron chi connectivity index (χ1n) is 8.94. The first-order chi connectivity index (χ1) is 11.8. The van der Waals surface area contributed by atoms with Crippen LogP contribution in [0.2, 0.25) is 0 Å². The predicted molar refractivity (Wildman–Crippen MR) is 95.3 cm³/mol. The van der Waals surface area contributed by atoms with Gasteiger partial charge in [0.05, 0.1) is 25.2 Å². The highest BCUT2D eigenvalue weighted by molar-refractivity contribution is 6.21. The van der Waals surface area contributed by atoms with Gasteiger partial charge in [0.2, 0.25) is 11.8 Å². The van der Waals surface area contributed by atoms with Crippen molar-refractivity contribution in [2.75, 3.05) is 23.3 Å². The molecule has 6 nitrogen and oxygen atoms in total. The fraction of sp³-hybridized carbons (Fsp3) is 0.526. The van der Waals surface area contributed by atoms with Crippen LogP contribution in [0, 0.1) is 11.8 Å². The average Bonchev–Trinajstić information content (AvgIpc) is 2.82. The molecule has 2 saturated heterocycles. The average molecular weight is 344 g/mol. The summed E-state index contributed by atoms with van der Waals surface area (Å²) in [4.78, 5) is 39.0. The number of quaternary nitrogens is 1. The molecule has 6 heteroatoms. The van der Waals surface area contributed by atoms with E-state index >= 15 is 0 Å². The Balaban J connectivity index is 1.76. The number of amides is 3. The molecule has 25 heavy (non-hydrogen) atoms. The van der Waals surface area contributed by atoms with Crippen LogP contribution < -0.4 is 15.1 Å². The van der Waals surface area contributed by atoms with Crippen LogP contribution in [-0.4, -0.2) is 36.9 Å². The molecule has 3 atom stereocenters. The molecule has 2 aliphatic rings. The SMILES string of the molecule is CC(=O)Nc1ccc(N2C(=O)C[C@@H]([NH+]3C[C@H](C)C[C@@H](C)C3)C2=O)cc1. The quantitative estimate of drug-likeness (QED) is 0.798. The number of hydrogen-bond acceptors (Lipinski definition) is 3. The lowest BCUT2D eigenvalue weighted by Gasteiger charge is -2.34. The number of piperidine rings is 1. The lowest BCUT2D eigenvalue weighted by atomic mass is 9.90. The summed E-state index contributed by atoms with van der Waals surface area (Å²) < 4.78 is 0. The van der Waals surface area contributed by atoms with Gasteiger partial charge in [-0.05, 0) is 30.7 Å². The van der Waals surface area contributed by atoms with Crippen molar-refractivity contribution in [3.05, 3.63) is 24.3 Å². The number of anilines is 2. The third kappa shape index (κ3) is 3.74. The normalized spacial score (nSPS) is 29.8. The molecule has 1 aromatic carbocycles. The summed E-state index contributed by atoms with van der Waals surface area (Å²) in [6.45, 7) is 7.77. The second kappa shape index (κ2) is 6.96. The number of carbonyl (C=O) groups is 3. The molecule has 2 N–H and O–H groups in total. The van der Waals surface area contributed by atoms with Gasteiger partial charge in [0.15, 0.2) is 6.04 Å². The van der Waals surface area contributed by atoms with E-state index in [9.17, 15) is 14.4 Å². The number of nitrogens with zero attached hydrogens (tertiary/aromatic N) is 1. The maximum Gasteiger partial charge on any atom is 0.292 e. The van der Waals surface area contributed by atoms with Gasteiger partial charge in [0.1, 0.15) is 0 Å². The molecule has 2 aliphatic heterocycles. The van der Waals surface area contributed by atoms with E-state index in [-0.39, 0.29) is 30.2 Å². The van der Waals surface area contributed by atoms with Crippen molar-refractivity contribution in [1.82, 2.24) is 0 Å². The summed E-state index contributed by atoms with van der Waals surface area (Å²) in [5.41, 5.74) is 1.22. The van der Waals surface area contributed by atoms with Crippen molar-refractivity contribution in [2.24, 2.45) is 11.8 Å². The Kier molecular flexibility index (Phi) is 4.90. The predicted octanol–water partition coefficient (Wildman–Crippen LogP) is 0.838. The molecule has 0 saturated carbocycles. The first-order valence-corrected chi connectivity index (χ1v) is 8.94. The van der Waals surface area contributed by atoms with Crippen LogP contribution in [0.5, 0.6) is 0 Å². The van der Waals surface area contributed by atoms with Gasteiger partial charge in [-0.15, -0.1) is 0 Å². The lowest BCUT2D eigenvalue weighted by molar-refractivity contribution is -0.926. The summed E-state index contributed by atoms with van der Waals surface area (Å²) >= 11 is 0.